The first-order chi connectivity index (χ1) is 14.0. The van der Waals surface area contributed by atoms with E-state index < -0.39 is 41.5 Å². The van der Waals surface area contributed by atoms with Crippen LogP contribution in [0.25, 0.3) is 0 Å². The van der Waals surface area contributed by atoms with E-state index in [2.05, 4.69) is 26.1 Å². The molecule has 1 heterocycles. The average Bonchev–Trinajstić information content (AvgIpc) is 2.94. The van der Waals surface area contributed by atoms with Crippen molar-refractivity contribution >= 4 is 17.5 Å². The zero-order valence-electron chi connectivity index (χ0n) is 18.6. The molecular weight excluding hydrogens is 382 g/mol. The predicted octanol–water partition coefficient (Wildman–Crippen LogP) is 2.34. The topological polar surface area (TPSA) is 104 Å². The second kappa shape index (κ2) is 8.39. The fraction of sp³-hybridized carbons (Fsp3) is 0.708. The van der Waals surface area contributed by atoms with Gasteiger partial charge in [-0.25, -0.2) is 0 Å². The summed E-state index contributed by atoms with van der Waals surface area (Å²) in [6, 6.07) is -0.139. The number of nitrogens with one attached hydrogen (secondary N) is 1. The van der Waals surface area contributed by atoms with Crippen molar-refractivity contribution in [2.24, 2.45) is 29.1 Å². The Bertz CT molecular complexity index is 797. The second-order valence-corrected chi connectivity index (χ2v) is 9.94. The molecule has 1 spiro atoms. The number of Topliss-reactive ketones (excluding diaryl/α,β-unsaturated/α-hetero) is 2. The van der Waals surface area contributed by atoms with Gasteiger partial charge in [0.2, 0.25) is 5.91 Å². The summed E-state index contributed by atoms with van der Waals surface area (Å²) in [5.41, 5.74) is 0.734. The number of hydrogen-bond acceptors (Lipinski definition) is 5. The second-order valence-electron chi connectivity index (χ2n) is 9.94. The zero-order valence-corrected chi connectivity index (χ0v) is 18.6. The number of hydrogen-bond donors (Lipinski definition) is 3. The van der Waals surface area contributed by atoms with E-state index in [4.69, 9.17) is 0 Å². The Kier molecular flexibility index (Phi) is 6.40. The van der Waals surface area contributed by atoms with E-state index in [1.807, 2.05) is 26.0 Å². The first kappa shape index (κ1) is 22.9. The van der Waals surface area contributed by atoms with E-state index >= 15 is 0 Å². The SMILES string of the molecule is CC1=CC2C=C(C)C(C)C3C(CC(C)C)NC(=O)C23C(=O)CC(O)C(=O)C(O)CC1. The molecule has 0 saturated carbocycles. The van der Waals surface area contributed by atoms with E-state index in [1.54, 1.807) is 0 Å². The highest BCUT2D eigenvalue weighted by molar-refractivity contribution is 6.10. The van der Waals surface area contributed by atoms with Crippen LogP contribution < -0.4 is 5.32 Å². The number of allylic oxidation sites excluding steroid dienone is 4. The Morgan fingerprint density at radius 3 is 2.43 bits per heavy atom. The molecule has 0 aromatic heterocycles. The van der Waals surface area contributed by atoms with Gasteiger partial charge in [0.05, 0.1) is 0 Å². The maximum absolute atomic E-state index is 13.7. The molecule has 2 aliphatic carbocycles. The number of amides is 1. The molecule has 1 fully saturated rings. The van der Waals surface area contributed by atoms with Crippen molar-refractivity contribution < 1.29 is 24.6 Å². The zero-order chi connectivity index (χ0) is 22.4. The summed E-state index contributed by atoms with van der Waals surface area (Å²) < 4.78 is 0. The standard InChI is InChI=1S/C24H35NO5/c1-12(2)8-17-21-15(5)14(4)10-16-9-13(3)6-7-18(26)22(29)19(27)11-20(28)24(16,21)23(30)25-17/h9-10,12,15-19,21,26-27H,6-8,11H2,1-5H3,(H,25,30). The van der Waals surface area contributed by atoms with Gasteiger partial charge >= 0.3 is 0 Å². The molecule has 7 unspecified atom stereocenters. The molecule has 3 aliphatic rings. The number of carbonyl (C=O) groups excluding carboxylic acids is 3. The molecular formula is C24H35NO5. The predicted molar refractivity (Wildman–Crippen MR) is 113 cm³/mol. The van der Waals surface area contributed by atoms with Crippen molar-refractivity contribution in [1.29, 1.82) is 0 Å². The lowest BCUT2D eigenvalue weighted by Crippen LogP contribution is -2.53. The maximum atomic E-state index is 13.7. The molecule has 0 aromatic carbocycles. The molecule has 0 aromatic rings. The van der Waals surface area contributed by atoms with Gasteiger partial charge in [-0.15, -0.1) is 0 Å². The number of rotatable bonds is 2. The third-order valence-corrected chi connectivity index (χ3v) is 7.38. The molecule has 0 radical (unpaired) electrons. The molecule has 3 N–H and O–H groups in total. The Labute approximate surface area is 178 Å². The summed E-state index contributed by atoms with van der Waals surface area (Å²) in [6.07, 6.45) is 2.04. The molecule has 7 atom stereocenters. The van der Waals surface area contributed by atoms with Crippen LogP contribution in [0, 0.1) is 29.1 Å². The van der Waals surface area contributed by atoms with Crippen molar-refractivity contribution in [2.75, 3.05) is 0 Å². The van der Waals surface area contributed by atoms with E-state index in [9.17, 15) is 24.6 Å². The Morgan fingerprint density at radius 2 is 1.80 bits per heavy atom. The minimum absolute atomic E-state index is 0.0187. The largest absolute Gasteiger partial charge is 0.385 e. The molecule has 0 bridgehead atoms. The number of ketones is 2. The summed E-state index contributed by atoms with van der Waals surface area (Å²) in [5.74, 6) is -1.75. The van der Waals surface area contributed by atoms with Crippen LogP contribution in [0.4, 0.5) is 0 Å². The van der Waals surface area contributed by atoms with E-state index in [0.29, 0.717) is 12.3 Å². The van der Waals surface area contributed by atoms with Gasteiger partial charge in [-0.2, -0.15) is 0 Å². The quantitative estimate of drug-likeness (QED) is 0.473. The molecule has 6 heteroatoms. The third-order valence-electron chi connectivity index (χ3n) is 7.38. The summed E-state index contributed by atoms with van der Waals surface area (Å²) in [5, 5.41) is 23.7. The number of aliphatic hydroxyl groups excluding tert-OH is 2. The van der Waals surface area contributed by atoms with Crippen LogP contribution in [0.5, 0.6) is 0 Å². The molecule has 1 aliphatic heterocycles. The highest BCUT2D eigenvalue weighted by Crippen LogP contribution is 2.55. The summed E-state index contributed by atoms with van der Waals surface area (Å²) in [4.78, 5) is 39.7. The van der Waals surface area contributed by atoms with Crippen LogP contribution in [0.1, 0.15) is 60.3 Å². The lowest BCUT2D eigenvalue weighted by molar-refractivity contribution is -0.149. The number of carbonyl (C=O) groups is 3. The van der Waals surface area contributed by atoms with E-state index in [1.165, 1.54) is 0 Å². The van der Waals surface area contributed by atoms with Crippen molar-refractivity contribution in [1.82, 2.24) is 5.32 Å². The van der Waals surface area contributed by atoms with Crippen molar-refractivity contribution in [2.45, 2.75) is 78.6 Å². The minimum atomic E-state index is -1.60. The third kappa shape index (κ3) is 3.69. The van der Waals surface area contributed by atoms with Crippen LogP contribution in [0.3, 0.4) is 0 Å². The highest BCUT2D eigenvalue weighted by Gasteiger charge is 2.65. The minimum Gasteiger partial charge on any atom is -0.385 e. The lowest BCUT2D eigenvalue weighted by atomic mass is 9.54. The first-order valence-electron chi connectivity index (χ1n) is 11.1. The molecule has 1 amide bonds. The van der Waals surface area contributed by atoms with Crippen molar-refractivity contribution in [3.8, 4) is 0 Å². The monoisotopic (exact) mass is 417 g/mol. The van der Waals surface area contributed by atoms with Crippen LogP contribution in [0.15, 0.2) is 23.3 Å². The average molecular weight is 418 g/mol. The van der Waals surface area contributed by atoms with Crippen molar-refractivity contribution in [3.05, 3.63) is 23.3 Å². The van der Waals surface area contributed by atoms with Crippen LogP contribution >= 0.6 is 0 Å². The Morgan fingerprint density at radius 1 is 1.13 bits per heavy atom. The smallest absolute Gasteiger partial charge is 0.235 e. The van der Waals surface area contributed by atoms with Crippen LogP contribution in [0.2, 0.25) is 0 Å². The van der Waals surface area contributed by atoms with Gasteiger partial charge in [-0.3, -0.25) is 14.4 Å². The Hall–Kier alpha value is -1.79. The normalized spacial score (nSPS) is 40.2. The van der Waals surface area contributed by atoms with Gasteiger partial charge in [-0.1, -0.05) is 44.1 Å². The Balaban J connectivity index is 2.19. The summed E-state index contributed by atoms with van der Waals surface area (Å²) in [6.45, 7) is 10.2. The first-order valence-corrected chi connectivity index (χ1v) is 11.1. The summed E-state index contributed by atoms with van der Waals surface area (Å²) in [7, 11) is 0. The van der Waals surface area contributed by atoms with E-state index in [0.717, 1.165) is 17.6 Å². The highest BCUT2D eigenvalue weighted by atomic mass is 16.3. The van der Waals surface area contributed by atoms with Gasteiger partial charge in [0.15, 0.2) is 11.6 Å². The molecule has 30 heavy (non-hydrogen) atoms. The molecule has 3 rings (SSSR count). The van der Waals surface area contributed by atoms with Gasteiger partial charge in [-0.05, 0) is 44.9 Å². The fourth-order valence-electron chi connectivity index (χ4n) is 5.77. The van der Waals surface area contributed by atoms with Gasteiger partial charge in [0.25, 0.3) is 0 Å². The maximum Gasteiger partial charge on any atom is 0.235 e. The van der Waals surface area contributed by atoms with Crippen molar-refractivity contribution in [3.63, 3.8) is 0 Å². The molecule has 166 valence electrons. The van der Waals surface area contributed by atoms with E-state index in [-0.39, 0.29) is 30.2 Å². The lowest BCUT2D eigenvalue weighted by Gasteiger charge is -2.45. The molecule has 6 nitrogen and oxygen atoms in total. The van der Waals surface area contributed by atoms with Crippen LogP contribution in [-0.4, -0.2) is 45.9 Å². The van der Waals surface area contributed by atoms with Gasteiger partial charge < -0.3 is 15.5 Å². The summed E-state index contributed by atoms with van der Waals surface area (Å²) >= 11 is 0. The number of aliphatic hydroxyl groups is 2. The fourth-order valence-corrected chi connectivity index (χ4v) is 5.77. The molecule has 1 saturated heterocycles. The van der Waals surface area contributed by atoms with Crippen LogP contribution in [-0.2, 0) is 14.4 Å². The van der Waals surface area contributed by atoms with Gasteiger partial charge in [0, 0.05) is 24.3 Å². The van der Waals surface area contributed by atoms with Gasteiger partial charge in [0.1, 0.15) is 17.6 Å².